The highest BCUT2D eigenvalue weighted by atomic mass is 35.5. The molecule has 1 atom stereocenters. The van der Waals surface area contributed by atoms with Crippen molar-refractivity contribution in [3.05, 3.63) is 35.6 Å². The minimum atomic E-state index is -0.103. The summed E-state index contributed by atoms with van der Waals surface area (Å²) in [5.74, 6) is 0.326. The van der Waals surface area contributed by atoms with Crippen molar-refractivity contribution in [2.45, 2.75) is 52.9 Å². The van der Waals surface area contributed by atoms with Crippen molar-refractivity contribution in [2.24, 2.45) is 11.1 Å². The van der Waals surface area contributed by atoms with Gasteiger partial charge in [-0.05, 0) is 31.7 Å². The van der Waals surface area contributed by atoms with Crippen molar-refractivity contribution in [1.82, 2.24) is 4.90 Å². The predicted octanol–water partition coefficient (Wildman–Crippen LogP) is 3.98. The molecule has 2 aromatic rings. The van der Waals surface area contributed by atoms with Crippen LogP contribution in [0.3, 0.4) is 0 Å². The molecule has 144 valence electrons. The maximum absolute atomic E-state index is 13.2. The fourth-order valence-electron chi connectivity index (χ4n) is 3.36. The van der Waals surface area contributed by atoms with E-state index in [1.165, 1.54) is 0 Å². The van der Waals surface area contributed by atoms with Gasteiger partial charge in [0.2, 0.25) is 0 Å². The molecular formula is C20H29ClN2O3. The van der Waals surface area contributed by atoms with Gasteiger partial charge >= 0.3 is 0 Å². The van der Waals surface area contributed by atoms with E-state index >= 15 is 0 Å². The maximum atomic E-state index is 13.2. The number of furan rings is 1. The average molecular weight is 381 g/mol. The van der Waals surface area contributed by atoms with Crippen LogP contribution >= 0.6 is 12.4 Å². The fraction of sp³-hybridized carbons (Fsp3) is 0.550. The number of halogens is 1. The highest BCUT2D eigenvalue weighted by Gasteiger charge is 2.37. The number of nitrogens with two attached hydrogens (primary N) is 1. The molecule has 0 bridgehead atoms. The van der Waals surface area contributed by atoms with E-state index in [4.69, 9.17) is 14.9 Å². The Morgan fingerprint density at radius 3 is 2.73 bits per heavy atom. The molecule has 6 heteroatoms. The summed E-state index contributed by atoms with van der Waals surface area (Å²) >= 11 is 0. The quantitative estimate of drug-likeness (QED) is 0.871. The van der Waals surface area contributed by atoms with Gasteiger partial charge in [0.1, 0.15) is 5.58 Å². The van der Waals surface area contributed by atoms with E-state index in [0.717, 1.165) is 23.0 Å². The van der Waals surface area contributed by atoms with E-state index in [-0.39, 0.29) is 35.9 Å². The molecule has 26 heavy (non-hydrogen) atoms. The zero-order valence-corrected chi connectivity index (χ0v) is 16.8. The summed E-state index contributed by atoms with van der Waals surface area (Å²) in [6, 6.07) is 7.84. The highest BCUT2D eigenvalue weighted by molar-refractivity contribution is 5.99. The van der Waals surface area contributed by atoms with Crippen LogP contribution in [0, 0.1) is 5.41 Å². The number of piperidine rings is 1. The van der Waals surface area contributed by atoms with E-state index in [2.05, 4.69) is 13.8 Å². The van der Waals surface area contributed by atoms with Crippen LogP contribution in [-0.2, 0) is 11.3 Å². The third-order valence-corrected chi connectivity index (χ3v) is 5.05. The molecule has 1 amide bonds. The Balaban J connectivity index is 0.00000243. The lowest BCUT2D eigenvalue weighted by molar-refractivity contribution is 0.0477. The van der Waals surface area contributed by atoms with E-state index in [9.17, 15) is 4.79 Å². The second-order valence-electron chi connectivity index (χ2n) is 7.88. The summed E-state index contributed by atoms with van der Waals surface area (Å²) in [5.41, 5.74) is 7.66. The van der Waals surface area contributed by atoms with Crippen LogP contribution in [0.1, 0.15) is 50.2 Å². The van der Waals surface area contributed by atoms with E-state index in [1.54, 1.807) is 0 Å². The first-order valence-corrected chi connectivity index (χ1v) is 8.96. The molecule has 0 aliphatic carbocycles. The average Bonchev–Trinajstić information content (AvgIpc) is 2.93. The minimum absolute atomic E-state index is 0. The fourth-order valence-corrected chi connectivity index (χ4v) is 3.36. The number of hydrogen-bond donors (Lipinski definition) is 1. The van der Waals surface area contributed by atoms with Gasteiger partial charge in [-0.25, -0.2) is 0 Å². The number of benzene rings is 1. The summed E-state index contributed by atoms with van der Waals surface area (Å²) < 4.78 is 11.7. The number of carbonyl (C=O) groups excluding carboxylic acids is 1. The van der Waals surface area contributed by atoms with Gasteiger partial charge in [-0.15, -0.1) is 12.4 Å². The lowest BCUT2D eigenvalue weighted by atomic mass is 9.79. The molecule has 1 aliphatic heterocycles. The van der Waals surface area contributed by atoms with Crippen molar-refractivity contribution in [2.75, 3.05) is 13.1 Å². The smallest absolute Gasteiger partial charge is 0.290 e. The second-order valence-corrected chi connectivity index (χ2v) is 7.88. The van der Waals surface area contributed by atoms with Crippen LogP contribution in [0.5, 0.6) is 0 Å². The number of hydrogen-bond acceptors (Lipinski definition) is 4. The number of rotatable bonds is 4. The Kier molecular flexibility index (Phi) is 6.37. The van der Waals surface area contributed by atoms with Crippen LogP contribution in [0.2, 0.25) is 0 Å². The summed E-state index contributed by atoms with van der Waals surface area (Å²) in [4.78, 5) is 15.0. The van der Waals surface area contributed by atoms with Gasteiger partial charge in [-0.3, -0.25) is 4.79 Å². The second kappa shape index (κ2) is 7.99. The highest BCUT2D eigenvalue weighted by Crippen LogP contribution is 2.32. The zero-order chi connectivity index (χ0) is 18.2. The van der Waals surface area contributed by atoms with Crippen LogP contribution in [0.25, 0.3) is 11.0 Å². The van der Waals surface area contributed by atoms with Crippen molar-refractivity contribution < 1.29 is 13.9 Å². The van der Waals surface area contributed by atoms with Crippen LogP contribution in [-0.4, -0.2) is 36.0 Å². The molecule has 0 saturated carbocycles. The summed E-state index contributed by atoms with van der Waals surface area (Å²) in [5, 5.41) is 0.944. The van der Waals surface area contributed by atoms with Gasteiger partial charge in [0.25, 0.3) is 5.91 Å². The minimum Gasteiger partial charge on any atom is -0.451 e. The molecule has 2 N–H and O–H groups in total. The predicted molar refractivity (Wildman–Crippen MR) is 106 cm³/mol. The first kappa shape index (κ1) is 20.7. The SMILES string of the molecule is CC(C)OCc1c(C(=O)N2CCC(N)C(C)(C)C2)oc2ccccc12.Cl. The molecular weight excluding hydrogens is 352 g/mol. The number of carbonyl (C=O) groups is 1. The Hall–Kier alpha value is -1.56. The molecule has 1 saturated heterocycles. The molecule has 1 fully saturated rings. The van der Waals surface area contributed by atoms with Gasteiger partial charge in [0, 0.05) is 30.1 Å². The molecule has 2 heterocycles. The number of amides is 1. The molecule has 1 aliphatic rings. The van der Waals surface area contributed by atoms with Crippen molar-refractivity contribution >= 4 is 29.3 Å². The normalized spacial score (nSPS) is 19.6. The van der Waals surface area contributed by atoms with Gasteiger partial charge < -0.3 is 19.8 Å². The Morgan fingerprint density at radius 1 is 1.38 bits per heavy atom. The van der Waals surface area contributed by atoms with Crippen molar-refractivity contribution in [3.8, 4) is 0 Å². The van der Waals surface area contributed by atoms with E-state index < -0.39 is 0 Å². The van der Waals surface area contributed by atoms with Gasteiger partial charge in [-0.2, -0.15) is 0 Å². The molecule has 1 aromatic carbocycles. The third-order valence-electron chi connectivity index (χ3n) is 5.05. The Bertz CT molecular complexity index is 770. The lowest BCUT2D eigenvalue weighted by Gasteiger charge is -2.42. The number of ether oxygens (including phenoxy) is 1. The van der Waals surface area contributed by atoms with Crippen LogP contribution in [0.4, 0.5) is 0 Å². The Labute approximate surface area is 161 Å². The van der Waals surface area contributed by atoms with Crippen molar-refractivity contribution in [1.29, 1.82) is 0 Å². The van der Waals surface area contributed by atoms with Gasteiger partial charge in [0.05, 0.1) is 12.7 Å². The molecule has 1 aromatic heterocycles. The maximum Gasteiger partial charge on any atom is 0.290 e. The number of para-hydroxylation sites is 1. The summed E-state index contributed by atoms with van der Waals surface area (Å²) in [7, 11) is 0. The monoisotopic (exact) mass is 380 g/mol. The zero-order valence-electron chi connectivity index (χ0n) is 16.0. The Morgan fingerprint density at radius 2 is 2.08 bits per heavy atom. The number of likely N-dealkylation sites (tertiary alicyclic amines) is 1. The molecule has 3 rings (SSSR count). The number of nitrogens with zero attached hydrogens (tertiary/aromatic N) is 1. The largest absolute Gasteiger partial charge is 0.451 e. The molecule has 0 spiro atoms. The summed E-state index contributed by atoms with van der Waals surface area (Å²) in [6.07, 6.45) is 0.889. The molecule has 5 nitrogen and oxygen atoms in total. The van der Waals surface area contributed by atoms with Gasteiger partial charge in [0.15, 0.2) is 5.76 Å². The molecule has 1 unspecified atom stereocenters. The lowest BCUT2D eigenvalue weighted by Crippen LogP contribution is -2.54. The van der Waals surface area contributed by atoms with E-state index in [1.807, 2.05) is 43.0 Å². The van der Waals surface area contributed by atoms with E-state index in [0.29, 0.717) is 25.5 Å². The standard InChI is InChI=1S/C20H28N2O3.ClH/c1-13(2)24-11-15-14-7-5-6-8-16(14)25-18(15)19(23)22-10-9-17(21)20(3,4)12-22;/h5-8,13,17H,9-12,21H2,1-4H3;1H. The first-order chi connectivity index (χ1) is 11.8. The third kappa shape index (κ3) is 4.05. The van der Waals surface area contributed by atoms with Crippen LogP contribution < -0.4 is 5.73 Å². The van der Waals surface area contributed by atoms with Crippen LogP contribution in [0.15, 0.2) is 28.7 Å². The van der Waals surface area contributed by atoms with Crippen molar-refractivity contribution in [3.63, 3.8) is 0 Å². The topological polar surface area (TPSA) is 68.7 Å². The van der Waals surface area contributed by atoms with Gasteiger partial charge in [-0.1, -0.05) is 32.0 Å². The molecule has 0 radical (unpaired) electrons. The number of fused-ring (bicyclic) bond motifs is 1. The first-order valence-electron chi connectivity index (χ1n) is 8.96. The summed E-state index contributed by atoms with van der Waals surface area (Å²) in [6.45, 7) is 9.85.